The minimum absolute atomic E-state index is 0.0169. The van der Waals surface area contributed by atoms with Crippen LogP contribution in [0.25, 0.3) is 5.69 Å². The van der Waals surface area contributed by atoms with Crippen LogP contribution < -0.4 is 5.32 Å². The third-order valence-corrected chi connectivity index (χ3v) is 5.01. The van der Waals surface area contributed by atoms with Gasteiger partial charge in [0.05, 0.1) is 23.6 Å². The molecule has 0 fully saturated rings. The minimum atomic E-state index is -0.395. The van der Waals surface area contributed by atoms with Crippen LogP contribution >= 0.6 is 0 Å². The Balaban J connectivity index is 2.03. The van der Waals surface area contributed by atoms with Gasteiger partial charge in [0.25, 0.3) is 0 Å². The van der Waals surface area contributed by atoms with Gasteiger partial charge in [-0.15, -0.1) is 0 Å². The quantitative estimate of drug-likeness (QED) is 0.884. The third kappa shape index (κ3) is 3.48. The first-order valence-electron chi connectivity index (χ1n) is 9.02. The van der Waals surface area contributed by atoms with Crippen LogP contribution in [0.2, 0.25) is 0 Å². The van der Waals surface area contributed by atoms with Gasteiger partial charge < -0.3 is 5.32 Å². The Morgan fingerprint density at radius 2 is 1.96 bits per heavy atom. The van der Waals surface area contributed by atoms with Gasteiger partial charge in [-0.05, 0) is 36.8 Å². The summed E-state index contributed by atoms with van der Waals surface area (Å²) in [5, 5.41) is 7.94. The fraction of sp³-hybridized carbons (Fsp3) is 0.524. The molecule has 0 saturated carbocycles. The molecule has 1 aromatic heterocycles. The van der Waals surface area contributed by atoms with Crippen LogP contribution in [0.15, 0.2) is 30.5 Å². The maximum absolute atomic E-state index is 12.5. The Kier molecular flexibility index (Phi) is 4.26. The zero-order valence-corrected chi connectivity index (χ0v) is 16.2. The van der Waals surface area contributed by atoms with Gasteiger partial charge in [0, 0.05) is 11.0 Å². The van der Waals surface area contributed by atoms with E-state index < -0.39 is 5.41 Å². The van der Waals surface area contributed by atoms with Crippen molar-refractivity contribution in [3.63, 3.8) is 0 Å². The Morgan fingerprint density at radius 1 is 1.28 bits per heavy atom. The Labute approximate surface area is 150 Å². The summed E-state index contributed by atoms with van der Waals surface area (Å²) in [5.41, 5.74) is 4.40. The molecule has 4 nitrogen and oxygen atoms in total. The Hall–Kier alpha value is -2.10. The van der Waals surface area contributed by atoms with Crippen molar-refractivity contribution in [2.24, 2.45) is 10.8 Å². The highest BCUT2D eigenvalue weighted by Gasteiger charge is 2.37. The second kappa shape index (κ2) is 6.01. The van der Waals surface area contributed by atoms with Crippen molar-refractivity contribution >= 4 is 5.91 Å². The summed E-state index contributed by atoms with van der Waals surface area (Å²) in [4.78, 5) is 12.5. The van der Waals surface area contributed by atoms with Crippen LogP contribution in [0.4, 0.5) is 0 Å². The van der Waals surface area contributed by atoms with Gasteiger partial charge in [0.1, 0.15) is 0 Å². The Morgan fingerprint density at radius 3 is 2.60 bits per heavy atom. The summed E-state index contributed by atoms with van der Waals surface area (Å²) in [6, 6.07) is 8.32. The number of carbonyl (C=O) groups excluding carboxylic acids is 1. The summed E-state index contributed by atoms with van der Waals surface area (Å²) in [6.07, 6.45) is 3.82. The van der Waals surface area contributed by atoms with Crippen LogP contribution in [0.1, 0.15) is 63.9 Å². The van der Waals surface area contributed by atoms with Crippen LogP contribution in [-0.2, 0) is 11.2 Å². The highest BCUT2D eigenvalue weighted by Crippen LogP contribution is 2.41. The predicted octanol–water partition coefficient (Wildman–Crippen LogP) is 4.36. The number of para-hydroxylation sites is 1. The SMILES string of the molecule is Cc1ccccc1-n1ncc2c1CC(C)(C)CC2NC(=O)C(C)(C)C. The maximum atomic E-state index is 12.5. The number of amides is 1. The lowest BCUT2D eigenvalue weighted by molar-refractivity contribution is -0.129. The molecule has 0 radical (unpaired) electrons. The normalized spacial score (nSPS) is 19.4. The number of nitrogens with one attached hydrogen (secondary N) is 1. The highest BCUT2D eigenvalue weighted by molar-refractivity contribution is 5.81. The highest BCUT2D eigenvalue weighted by atomic mass is 16.2. The van der Waals surface area contributed by atoms with E-state index in [1.807, 2.05) is 39.1 Å². The van der Waals surface area contributed by atoms with Crippen molar-refractivity contribution in [2.75, 3.05) is 0 Å². The summed E-state index contributed by atoms with van der Waals surface area (Å²) in [7, 11) is 0. The molecule has 1 amide bonds. The van der Waals surface area contributed by atoms with Gasteiger partial charge in [-0.25, -0.2) is 4.68 Å². The molecule has 1 atom stereocenters. The molecule has 0 bridgehead atoms. The Bertz CT molecular complexity index is 796. The molecule has 1 aromatic carbocycles. The topological polar surface area (TPSA) is 46.9 Å². The van der Waals surface area contributed by atoms with E-state index in [1.54, 1.807) is 0 Å². The lowest BCUT2D eigenvalue weighted by atomic mass is 9.74. The zero-order chi connectivity index (χ0) is 18.4. The molecule has 1 unspecified atom stereocenters. The van der Waals surface area contributed by atoms with Gasteiger partial charge in [-0.2, -0.15) is 5.10 Å². The van der Waals surface area contributed by atoms with Crippen LogP contribution in [0.3, 0.4) is 0 Å². The maximum Gasteiger partial charge on any atom is 0.225 e. The van der Waals surface area contributed by atoms with Crippen molar-refractivity contribution in [2.45, 2.75) is 60.4 Å². The molecule has 0 spiro atoms. The fourth-order valence-corrected chi connectivity index (χ4v) is 3.55. The molecular formula is C21H29N3O. The van der Waals surface area contributed by atoms with E-state index in [-0.39, 0.29) is 17.4 Å². The van der Waals surface area contributed by atoms with Crippen LogP contribution in [0, 0.1) is 17.8 Å². The number of aromatic nitrogens is 2. The fourth-order valence-electron chi connectivity index (χ4n) is 3.55. The first kappa shape index (κ1) is 17.7. The van der Waals surface area contributed by atoms with E-state index in [4.69, 9.17) is 0 Å². The average Bonchev–Trinajstić information content (AvgIpc) is 2.89. The molecule has 1 heterocycles. The molecule has 0 saturated heterocycles. The van der Waals surface area contributed by atoms with Crippen molar-refractivity contribution < 1.29 is 4.79 Å². The second-order valence-electron chi connectivity index (χ2n) is 9.07. The van der Waals surface area contributed by atoms with Crippen LogP contribution in [-0.4, -0.2) is 15.7 Å². The molecule has 1 N–H and O–H groups in total. The van der Waals surface area contributed by atoms with E-state index in [9.17, 15) is 4.79 Å². The van der Waals surface area contributed by atoms with E-state index in [0.29, 0.717) is 0 Å². The summed E-state index contributed by atoms with van der Waals surface area (Å²) >= 11 is 0. The largest absolute Gasteiger partial charge is 0.349 e. The summed E-state index contributed by atoms with van der Waals surface area (Å²) < 4.78 is 2.06. The number of benzene rings is 1. The minimum Gasteiger partial charge on any atom is -0.349 e. The predicted molar refractivity (Wildman–Crippen MR) is 101 cm³/mol. The molecule has 3 rings (SSSR count). The van der Waals surface area contributed by atoms with E-state index in [0.717, 1.165) is 24.1 Å². The van der Waals surface area contributed by atoms with Crippen molar-refractivity contribution in [1.82, 2.24) is 15.1 Å². The standard InChI is InChI=1S/C21H29N3O/c1-14-9-7-8-10-17(14)24-18-12-21(5,6)11-16(15(18)13-22-24)23-19(25)20(2,3)4/h7-10,13,16H,11-12H2,1-6H3,(H,23,25). The molecule has 1 aliphatic carbocycles. The number of hydrogen-bond acceptors (Lipinski definition) is 2. The van der Waals surface area contributed by atoms with Crippen molar-refractivity contribution in [3.8, 4) is 5.69 Å². The van der Waals surface area contributed by atoms with E-state index in [1.165, 1.54) is 11.3 Å². The number of nitrogens with zero attached hydrogens (tertiary/aromatic N) is 2. The molecule has 1 aliphatic rings. The lowest BCUT2D eigenvalue weighted by Crippen LogP contribution is -2.41. The van der Waals surface area contributed by atoms with E-state index in [2.05, 4.69) is 48.0 Å². The second-order valence-corrected chi connectivity index (χ2v) is 9.07. The number of hydrogen-bond donors (Lipinski definition) is 1. The number of fused-ring (bicyclic) bond motifs is 1. The average molecular weight is 339 g/mol. The molecule has 4 heteroatoms. The van der Waals surface area contributed by atoms with Gasteiger partial charge >= 0.3 is 0 Å². The van der Waals surface area contributed by atoms with Gasteiger partial charge in [-0.3, -0.25) is 4.79 Å². The summed E-state index contributed by atoms with van der Waals surface area (Å²) in [6.45, 7) is 12.5. The zero-order valence-electron chi connectivity index (χ0n) is 16.2. The van der Waals surface area contributed by atoms with Crippen molar-refractivity contribution in [1.29, 1.82) is 0 Å². The molecule has 25 heavy (non-hydrogen) atoms. The molecule has 2 aromatic rings. The lowest BCUT2D eigenvalue weighted by Gasteiger charge is -2.37. The number of carbonyl (C=O) groups is 1. The van der Waals surface area contributed by atoms with Gasteiger partial charge in [0.15, 0.2) is 0 Å². The third-order valence-electron chi connectivity index (χ3n) is 5.01. The van der Waals surface area contributed by atoms with Gasteiger partial charge in [0.2, 0.25) is 5.91 Å². The smallest absolute Gasteiger partial charge is 0.225 e. The van der Waals surface area contributed by atoms with E-state index >= 15 is 0 Å². The van der Waals surface area contributed by atoms with Crippen LogP contribution in [0.5, 0.6) is 0 Å². The number of rotatable bonds is 2. The summed E-state index contributed by atoms with van der Waals surface area (Å²) in [5.74, 6) is 0.0878. The first-order chi connectivity index (χ1) is 11.6. The molecule has 0 aliphatic heterocycles. The first-order valence-corrected chi connectivity index (χ1v) is 9.02. The molecule has 134 valence electrons. The molecular weight excluding hydrogens is 310 g/mol. The van der Waals surface area contributed by atoms with Gasteiger partial charge in [-0.1, -0.05) is 52.8 Å². The number of aryl methyl sites for hydroxylation is 1. The monoisotopic (exact) mass is 339 g/mol. The van der Waals surface area contributed by atoms with Crippen molar-refractivity contribution in [3.05, 3.63) is 47.3 Å².